The SMILES string of the molecule is C[C@@H](OCC(=O)NCCCCC(=O)OCc1ccccc1)[C@H](N)C(=O)N1CCCC1. The fourth-order valence-corrected chi connectivity index (χ4v) is 3.14. The number of ether oxygens (including phenoxy) is 2. The molecular weight excluding hydrogens is 386 g/mol. The second kappa shape index (κ2) is 13.0. The minimum absolute atomic E-state index is 0.125. The van der Waals surface area contributed by atoms with Crippen LogP contribution in [0.4, 0.5) is 0 Å². The fraction of sp³-hybridized carbons (Fsp3) is 0.591. The van der Waals surface area contributed by atoms with Crippen molar-refractivity contribution in [1.29, 1.82) is 0 Å². The zero-order chi connectivity index (χ0) is 21.8. The van der Waals surface area contributed by atoms with E-state index >= 15 is 0 Å². The molecule has 1 aromatic carbocycles. The summed E-state index contributed by atoms with van der Waals surface area (Å²) in [6.45, 7) is 3.74. The number of hydrogen-bond donors (Lipinski definition) is 2. The number of benzene rings is 1. The number of hydrogen-bond acceptors (Lipinski definition) is 6. The molecule has 8 nitrogen and oxygen atoms in total. The van der Waals surface area contributed by atoms with E-state index in [0.29, 0.717) is 25.8 Å². The lowest BCUT2D eigenvalue weighted by Gasteiger charge is -2.24. The van der Waals surface area contributed by atoms with Gasteiger partial charge in [-0.1, -0.05) is 30.3 Å². The van der Waals surface area contributed by atoms with Crippen molar-refractivity contribution in [2.75, 3.05) is 26.2 Å². The van der Waals surface area contributed by atoms with E-state index in [1.54, 1.807) is 11.8 Å². The van der Waals surface area contributed by atoms with Crippen LogP contribution in [0.15, 0.2) is 30.3 Å². The summed E-state index contributed by atoms with van der Waals surface area (Å²) in [5.74, 6) is -0.645. The number of nitrogens with zero attached hydrogens (tertiary/aromatic N) is 1. The zero-order valence-electron chi connectivity index (χ0n) is 17.7. The van der Waals surface area contributed by atoms with Crippen molar-refractivity contribution in [2.24, 2.45) is 5.73 Å². The van der Waals surface area contributed by atoms with Crippen LogP contribution in [0.25, 0.3) is 0 Å². The third-order valence-corrected chi connectivity index (χ3v) is 5.06. The van der Waals surface area contributed by atoms with Gasteiger partial charge >= 0.3 is 5.97 Å². The molecule has 0 spiro atoms. The molecule has 0 aromatic heterocycles. The Kier molecular flexibility index (Phi) is 10.3. The number of carbonyl (C=O) groups excluding carboxylic acids is 3. The summed E-state index contributed by atoms with van der Waals surface area (Å²) < 4.78 is 10.7. The van der Waals surface area contributed by atoms with E-state index in [2.05, 4.69) is 5.32 Å². The van der Waals surface area contributed by atoms with Crippen LogP contribution in [0, 0.1) is 0 Å². The van der Waals surface area contributed by atoms with Gasteiger partial charge in [-0.2, -0.15) is 0 Å². The van der Waals surface area contributed by atoms with Crippen molar-refractivity contribution in [1.82, 2.24) is 10.2 Å². The van der Waals surface area contributed by atoms with Crippen molar-refractivity contribution >= 4 is 17.8 Å². The average Bonchev–Trinajstić information content (AvgIpc) is 3.30. The molecule has 166 valence electrons. The minimum atomic E-state index is -0.766. The van der Waals surface area contributed by atoms with E-state index in [0.717, 1.165) is 31.5 Å². The monoisotopic (exact) mass is 419 g/mol. The van der Waals surface area contributed by atoms with Crippen LogP contribution in [-0.2, 0) is 30.5 Å². The molecule has 0 bridgehead atoms. The lowest BCUT2D eigenvalue weighted by atomic mass is 10.1. The molecule has 2 amide bonds. The zero-order valence-corrected chi connectivity index (χ0v) is 17.7. The van der Waals surface area contributed by atoms with Gasteiger partial charge in [-0.05, 0) is 38.2 Å². The van der Waals surface area contributed by atoms with Gasteiger partial charge in [-0.25, -0.2) is 0 Å². The van der Waals surface area contributed by atoms with E-state index in [1.807, 2.05) is 30.3 Å². The van der Waals surface area contributed by atoms with Crippen molar-refractivity contribution < 1.29 is 23.9 Å². The number of carbonyl (C=O) groups is 3. The van der Waals surface area contributed by atoms with Crippen LogP contribution in [0.5, 0.6) is 0 Å². The summed E-state index contributed by atoms with van der Waals surface area (Å²) >= 11 is 0. The number of rotatable bonds is 12. The van der Waals surface area contributed by atoms with E-state index in [9.17, 15) is 14.4 Å². The first kappa shape index (κ1) is 23.8. The number of nitrogens with one attached hydrogen (secondary N) is 1. The highest BCUT2D eigenvalue weighted by atomic mass is 16.5. The van der Waals surface area contributed by atoms with Crippen LogP contribution in [0.2, 0.25) is 0 Å². The fourth-order valence-electron chi connectivity index (χ4n) is 3.14. The molecule has 3 N–H and O–H groups in total. The Morgan fingerprint density at radius 3 is 2.53 bits per heavy atom. The normalized spacial score (nSPS) is 15.5. The quantitative estimate of drug-likeness (QED) is 0.391. The lowest BCUT2D eigenvalue weighted by molar-refractivity contribution is -0.145. The third kappa shape index (κ3) is 8.51. The second-order valence-corrected chi connectivity index (χ2v) is 7.53. The molecule has 2 atom stereocenters. The summed E-state index contributed by atoms with van der Waals surface area (Å²) in [6, 6.07) is 8.75. The van der Waals surface area contributed by atoms with E-state index in [-0.39, 0.29) is 31.0 Å². The maximum absolute atomic E-state index is 12.2. The molecule has 1 aliphatic heterocycles. The summed E-state index contributed by atoms with van der Waals surface area (Å²) in [4.78, 5) is 37.6. The van der Waals surface area contributed by atoms with Gasteiger partial charge in [0.25, 0.3) is 0 Å². The first-order chi connectivity index (χ1) is 14.5. The maximum atomic E-state index is 12.2. The van der Waals surface area contributed by atoms with Crippen molar-refractivity contribution in [3.05, 3.63) is 35.9 Å². The predicted molar refractivity (Wildman–Crippen MR) is 112 cm³/mol. The summed E-state index contributed by atoms with van der Waals surface area (Å²) in [5, 5.41) is 2.74. The molecule has 1 aliphatic rings. The van der Waals surface area contributed by atoms with Gasteiger partial charge < -0.3 is 25.4 Å². The topological polar surface area (TPSA) is 111 Å². The third-order valence-electron chi connectivity index (χ3n) is 5.06. The van der Waals surface area contributed by atoms with Gasteiger partial charge in [0.05, 0.1) is 6.10 Å². The minimum Gasteiger partial charge on any atom is -0.461 e. The average molecular weight is 420 g/mol. The number of unbranched alkanes of at least 4 members (excludes halogenated alkanes) is 1. The van der Waals surface area contributed by atoms with Crippen molar-refractivity contribution in [2.45, 2.75) is 57.8 Å². The molecule has 0 saturated carbocycles. The highest BCUT2D eigenvalue weighted by Gasteiger charge is 2.28. The lowest BCUT2D eigenvalue weighted by Crippen LogP contribution is -2.49. The maximum Gasteiger partial charge on any atom is 0.306 e. The summed E-state index contributed by atoms with van der Waals surface area (Å²) in [7, 11) is 0. The van der Waals surface area contributed by atoms with Gasteiger partial charge in [-0.3, -0.25) is 14.4 Å². The molecule has 1 aromatic rings. The summed E-state index contributed by atoms with van der Waals surface area (Å²) in [5.41, 5.74) is 6.92. The van der Waals surface area contributed by atoms with Crippen LogP contribution in [-0.4, -0.2) is 61.1 Å². The molecule has 30 heavy (non-hydrogen) atoms. The smallest absolute Gasteiger partial charge is 0.306 e. The number of amides is 2. The molecule has 1 saturated heterocycles. The Labute approximate surface area is 178 Å². The van der Waals surface area contributed by atoms with Gasteiger partial charge in [0.15, 0.2) is 0 Å². The van der Waals surface area contributed by atoms with E-state index < -0.39 is 12.1 Å². The van der Waals surface area contributed by atoms with Crippen LogP contribution in [0.1, 0.15) is 44.6 Å². The molecule has 1 fully saturated rings. The number of nitrogens with two attached hydrogens (primary N) is 1. The highest BCUT2D eigenvalue weighted by Crippen LogP contribution is 2.10. The predicted octanol–water partition coefficient (Wildman–Crippen LogP) is 1.37. The molecule has 8 heteroatoms. The highest BCUT2D eigenvalue weighted by molar-refractivity contribution is 5.82. The molecule has 1 heterocycles. The van der Waals surface area contributed by atoms with Crippen LogP contribution >= 0.6 is 0 Å². The first-order valence-corrected chi connectivity index (χ1v) is 10.6. The Hall–Kier alpha value is -2.45. The second-order valence-electron chi connectivity index (χ2n) is 7.53. The van der Waals surface area contributed by atoms with Gasteiger partial charge in [-0.15, -0.1) is 0 Å². The van der Waals surface area contributed by atoms with E-state index in [4.69, 9.17) is 15.2 Å². The summed E-state index contributed by atoms with van der Waals surface area (Å²) in [6.07, 6.45) is 3.06. The first-order valence-electron chi connectivity index (χ1n) is 10.6. The van der Waals surface area contributed by atoms with Crippen LogP contribution < -0.4 is 11.1 Å². The molecular formula is C22H33N3O5. The number of likely N-dealkylation sites (tertiary alicyclic amines) is 1. The largest absolute Gasteiger partial charge is 0.461 e. The molecule has 2 rings (SSSR count). The molecule has 0 unspecified atom stereocenters. The van der Waals surface area contributed by atoms with Gasteiger partial charge in [0.1, 0.15) is 19.3 Å². The number of esters is 1. The van der Waals surface area contributed by atoms with Crippen LogP contribution in [0.3, 0.4) is 0 Å². The Bertz CT molecular complexity index is 677. The molecule has 0 aliphatic carbocycles. The Morgan fingerprint density at radius 1 is 1.13 bits per heavy atom. The van der Waals surface area contributed by atoms with Crippen molar-refractivity contribution in [3.8, 4) is 0 Å². The Morgan fingerprint density at radius 2 is 1.83 bits per heavy atom. The van der Waals surface area contributed by atoms with E-state index in [1.165, 1.54) is 0 Å². The van der Waals surface area contributed by atoms with Gasteiger partial charge in [0, 0.05) is 26.1 Å². The Balaban J connectivity index is 1.50. The van der Waals surface area contributed by atoms with Crippen molar-refractivity contribution in [3.63, 3.8) is 0 Å². The molecule has 0 radical (unpaired) electrons. The van der Waals surface area contributed by atoms with Gasteiger partial charge in [0.2, 0.25) is 11.8 Å². The standard InChI is InChI=1S/C22H33N3O5/c1-17(21(23)22(28)25-13-7-8-14-25)29-16-19(26)24-12-6-5-11-20(27)30-15-18-9-3-2-4-10-18/h2-4,9-10,17,21H,5-8,11-16,23H2,1H3,(H,24,26)/t17-,21+/m1/s1.